The zero-order valence-corrected chi connectivity index (χ0v) is 20.7. The summed E-state index contributed by atoms with van der Waals surface area (Å²) in [6, 6.07) is 6.35. The van der Waals surface area contributed by atoms with Crippen LogP contribution in [-0.4, -0.2) is 75.0 Å². The lowest BCUT2D eigenvalue weighted by Gasteiger charge is -2.35. The summed E-state index contributed by atoms with van der Waals surface area (Å²) in [7, 11) is 5.95. The zero-order valence-electron chi connectivity index (χ0n) is 20.7. The highest BCUT2D eigenvalue weighted by atomic mass is 15.3. The van der Waals surface area contributed by atoms with Gasteiger partial charge in [-0.3, -0.25) is 9.78 Å². The van der Waals surface area contributed by atoms with E-state index in [0.29, 0.717) is 11.3 Å². The van der Waals surface area contributed by atoms with E-state index in [1.165, 1.54) is 0 Å². The molecule has 0 radical (unpaired) electrons. The third-order valence-electron chi connectivity index (χ3n) is 5.95. The Hall–Kier alpha value is -4.32. The van der Waals surface area contributed by atoms with Crippen LogP contribution >= 0.6 is 0 Å². The van der Waals surface area contributed by atoms with E-state index < -0.39 is 0 Å². The highest BCUT2D eigenvalue weighted by molar-refractivity contribution is 5.90. The highest BCUT2D eigenvalue weighted by Gasteiger charge is 2.18. The molecular weight excluding hydrogens is 438 g/mol. The number of piperazine rings is 1. The summed E-state index contributed by atoms with van der Waals surface area (Å²) < 4.78 is 1.77. The quantitative estimate of drug-likeness (QED) is 0.532. The van der Waals surface area contributed by atoms with E-state index in [-0.39, 0.29) is 0 Å². The summed E-state index contributed by atoms with van der Waals surface area (Å²) in [5.41, 5.74) is 4.92. The summed E-state index contributed by atoms with van der Waals surface area (Å²) in [6.45, 7) is 5.72. The van der Waals surface area contributed by atoms with Crippen LogP contribution in [0.3, 0.4) is 0 Å². The van der Waals surface area contributed by atoms with Gasteiger partial charge in [0.25, 0.3) is 0 Å². The van der Waals surface area contributed by atoms with Gasteiger partial charge < -0.3 is 14.7 Å². The molecule has 4 rings (SSSR count). The van der Waals surface area contributed by atoms with E-state index in [2.05, 4.69) is 61.8 Å². The molecule has 0 atom stereocenters. The highest BCUT2D eigenvalue weighted by Crippen LogP contribution is 2.29. The average molecular weight is 470 g/mol. The molecule has 3 aromatic rings. The maximum atomic E-state index is 9.62. The average Bonchev–Trinajstić information content (AvgIpc) is 3.53. The summed E-state index contributed by atoms with van der Waals surface area (Å²) in [4.78, 5) is 11.5. The molecular formula is C26H31N9. The minimum Gasteiger partial charge on any atom is -0.382 e. The lowest BCUT2D eigenvalue weighted by atomic mass is 9.97. The number of hydrogen-bond acceptors (Lipinski definition) is 7. The zero-order chi connectivity index (χ0) is 24.8. The van der Waals surface area contributed by atoms with E-state index >= 15 is 0 Å². The molecule has 180 valence electrons. The van der Waals surface area contributed by atoms with Gasteiger partial charge in [0.05, 0.1) is 23.7 Å². The maximum absolute atomic E-state index is 9.62. The van der Waals surface area contributed by atoms with E-state index in [1.54, 1.807) is 10.9 Å². The van der Waals surface area contributed by atoms with E-state index in [9.17, 15) is 5.26 Å². The monoisotopic (exact) mass is 469 g/mol. The number of H-pyrrole nitrogens is 1. The number of pyridine rings is 1. The number of aromatic amines is 1. The second-order valence-corrected chi connectivity index (χ2v) is 8.67. The number of anilines is 1. The van der Waals surface area contributed by atoms with Crippen molar-refractivity contribution >= 4 is 17.0 Å². The van der Waals surface area contributed by atoms with Gasteiger partial charge in [-0.1, -0.05) is 6.08 Å². The number of nitrogens with one attached hydrogen (secondary N) is 1. The normalized spacial score (nSPS) is 15.1. The van der Waals surface area contributed by atoms with Crippen molar-refractivity contribution in [2.24, 2.45) is 7.05 Å². The number of aromatic nitrogens is 5. The fourth-order valence-corrected chi connectivity index (χ4v) is 4.00. The van der Waals surface area contributed by atoms with Crippen LogP contribution < -0.4 is 4.90 Å². The lowest BCUT2D eigenvalue weighted by molar-refractivity contribution is 0.342. The molecule has 0 unspecified atom stereocenters. The van der Waals surface area contributed by atoms with Crippen LogP contribution in [0.1, 0.15) is 29.3 Å². The number of allylic oxidation sites excluding steroid dienone is 3. The largest absolute Gasteiger partial charge is 0.382 e. The van der Waals surface area contributed by atoms with Crippen LogP contribution in [0.4, 0.5) is 5.82 Å². The molecule has 0 amide bonds. The first-order valence-corrected chi connectivity index (χ1v) is 11.6. The Morgan fingerprint density at radius 1 is 1.11 bits per heavy atom. The van der Waals surface area contributed by atoms with Gasteiger partial charge in [0.15, 0.2) is 0 Å². The Morgan fingerprint density at radius 2 is 1.91 bits per heavy atom. The van der Waals surface area contributed by atoms with Crippen molar-refractivity contribution in [3.05, 3.63) is 83.9 Å². The maximum Gasteiger partial charge on any atom is 0.128 e. The Bertz CT molecular complexity index is 1260. The third kappa shape index (κ3) is 5.61. The van der Waals surface area contributed by atoms with Crippen molar-refractivity contribution in [1.29, 1.82) is 5.26 Å². The second-order valence-electron chi connectivity index (χ2n) is 8.67. The lowest BCUT2D eigenvalue weighted by Crippen LogP contribution is -2.44. The minimum absolute atomic E-state index is 0.490. The van der Waals surface area contributed by atoms with E-state index in [0.717, 1.165) is 54.3 Å². The van der Waals surface area contributed by atoms with Gasteiger partial charge in [0.1, 0.15) is 11.9 Å². The minimum atomic E-state index is 0.490. The molecule has 0 aliphatic carbocycles. The van der Waals surface area contributed by atoms with Crippen LogP contribution in [0.25, 0.3) is 11.1 Å². The summed E-state index contributed by atoms with van der Waals surface area (Å²) in [5, 5.41) is 21.0. The Balaban J connectivity index is 1.60. The molecule has 0 saturated carbocycles. The molecule has 0 spiro atoms. The van der Waals surface area contributed by atoms with Crippen molar-refractivity contribution in [2.45, 2.75) is 6.92 Å². The molecule has 1 aliphatic heterocycles. The number of rotatable bonds is 7. The van der Waals surface area contributed by atoms with Crippen LogP contribution in [0.5, 0.6) is 0 Å². The molecule has 1 aliphatic rings. The van der Waals surface area contributed by atoms with E-state index in [1.807, 2.05) is 57.6 Å². The first-order valence-electron chi connectivity index (χ1n) is 11.6. The molecule has 0 aromatic carbocycles. The van der Waals surface area contributed by atoms with Crippen molar-refractivity contribution in [1.82, 2.24) is 34.8 Å². The second kappa shape index (κ2) is 10.7. The van der Waals surface area contributed by atoms with Gasteiger partial charge in [-0.15, -0.1) is 0 Å². The number of nitriles is 1. The fraction of sp³-hybridized carbons (Fsp3) is 0.308. The summed E-state index contributed by atoms with van der Waals surface area (Å²) in [6.07, 6.45) is 15.5. The topological polar surface area (TPSA) is 92.9 Å². The predicted octanol–water partition coefficient (Wildman–Crippen LogP) is 3.10. The molecule has 1 saturated heterocycles. The van der Waals surface area contributed by atoms with Crippen molar-refractivity contribution < 1.29 is 0 Å². The Labute approximate surface area is 206 Å². The number of aryl methyl sites for hydroxylation is 1. The van der Waals surface area contributed by atoms with Crippen LogP contribution in [0, 0.1) is 11.3 Å². The fourth-order valence-electron chi connectivity index (χ4n) is 4.00. The van der Waals surface area contributed by atoms with Crippen LogP contribution in [0.2, 0.25) is 0 Å². The van der Waals surface area contributed by atoms with Crippen molar-refractivity contribution in [2.75, 3.05) is 45.2 Å². The van der Waals surface area contributed by atoms with Gasteiger partial charge in [-0.2, -0.15) is 15.5 Å². The van der Waals surface area contributed by atoms with Crippen LogP contribution in [0.15, 0.2) is 61.5 Å². The first-order chi connectivity index (χ1) is 17.0. The third-order valence-corrected chi connectivity index (χ3v) is 5.95. The predicted molar refractivity (Wildman–Crippen MR) is 138 cm³/mol. The Kier molecular flexibility index (Phi) is 7.31. The SMILES string of the molecule is C/C=C(\C=C(\c1ccc(N2CCN(/C=C/N(C)C)CC2)nc1)c1[nH]ncc1C#N)c1cnn(C)c1. The van der Waals surface area contributed by atoms with Gasteiger partial charge >= 0.3 is 0 Å². The number of nitrogens with zero attached hydrogens (tertiary/aromatic N) is 8. The summed E-state index contributed by atoms with van der Waals surface area (Å²) >= 11 is 0. The molecule has 9 nitrogen and oxygen atoms in total. The van der Waals surface area contributed by atoms with Crippen LogP contribution in [-0.2, 0) is 7.05 Å². The molecule has 9 heteroatoms. The Morgan fingerprint density at radius 3 is 2.51 bits per heavy atom. The van der Waals surface area contributed by atoms with Gasteiger partial charge in [-0.05, 0) is 30.7 Å². The van der Waals surface area contributed by atoms with Gasteiger partial charge in [0, 0.05) is 88.8 Å². The standard InChI is InChI=1S/C26H31N9/c1-5-20(23-18-30-33(4)19-23)14-24(26-22(15-27)17-29-31-26)21-6-7-25(28-16-21)35-12-10-34(11-13-35)9-8-32(2)3/h5-9,14,16-19H,10-13H2,1-4H3,(H,29,31)/b9-8+,20-5+,24-14-. The molecule has 3 aromatic heterocycles. The molecule has 0 bridgehead atoms. The molecule has 4 heterocycles. The summed E-state index contributed by atoms with van der Waals surface area (Å²) in [5.74, 6) is 0.952. The van der Waals surface area contributed by atoms with Crippen molar-refractivity contribution in [3.8, 4) is 6.07 Å². The molecule has 35 heavy (non-hydrogen) atoms. The van der Waals surface area contributed by atoms with Gasteiger partial charge in [-0.25, -0.2) is 4.98 Å². The molecule has 1 fully saturated rings. The van der Waals surface area contributed by atoms with Gasteiger partial charge in [0.2, 0.25) is 0 Å². The smallest absolute Gasteiger partial charge is 0.128 e. The number of hydrogen-bond donors (Lipinski definition) is 1. The van der Waals surface area contributed by atoms with E-state index in [4.69, 9.17) is 4.98 Å². The first kappa shape index (κ1) is 23.8. The van der Waals surface area contributed by atoms with Crippen molar-refractivity contribution in [3.63, 3.8) is 0 Å². The molecule has 1 N–H and O–H groups in total.